The van der Waals surface area contributed by atoms with Crippen molar-refractivity contribution in [2.24, 2.45) is 0 Å². The molecule has 0 heterocycles. The van der Waals surface area contributed by atoms with E-state index < -0.39 is 56.6 Å². The van der Waals surface area contributed by atoms with E-state index in [9.17, 15) is 36.5 Å². The minimum atomic E-state index is -2.39. The number of nitro benzene ring substituents is 1. The second kappa shape index (κ2) is 5.08. The van der Waals surface area contributed by atoms with E-state index in [4.69, 9.17) is 0 Å². The molecule has 0 fully saturated rings. The van der Waals surface area contributed by atoms with Gasteiger partial charge in [-0.15, -0.1) is 0 Å². The molecule has 0 radical (unpaired) electrons. The van der Waals surface area contributed by atoms with Crippen molar-refractivity contribution in [3.8, 4) is 11.1 Å². The highest BCUT2D eigenvalue weighted by atomic mass is 19.2. The Morgan fingerprint density at radius 2 is 1.29 bits per heavy atom. The molecule has 0 atom stereocenters. The van der Waals surface area contributed by atoms with E-state index in [1.165, 1.54) is 0 Å². The molecular weight excluding hydrogens is 304 g/mol. The number of nitro groups is 1. The zero-order valence-corrected chi connectivity index (χ0v) is 9.76. The molecule has 0 aliphatic heterocycles. The van der Waals surface area contributed by atoms with Gasteiger partial charge in [-0.3, -0.25) is 10.1 Å². The van der Waals surface area contributed by atoms with Gasteiger partial charge in [-0.25, -0.2) is 26.3 Å². The first-order valence-corrected chi connectivity index (χ1v) is 5.21. The van der Waals surface area contributed by atoms with Crippen LogP contribution in [-0.4, -0.2) is 4.92 Å². The molecule has 21 heavy (non-hydrogen) atoms. The van der Waals surface area contributed by atoms with Gasteiger partial charge in [0.15, 0.2) is 23.3 Å². The van der Waals surface area contributed by atoms with Crippen LogP contribution in [0.1, 0.15) is 0 Å². The van der Waals surface area contributed by atoms with Crippen molar-refractivity contribution in [2.45, 2.75) is 0 Å². The third-order valence-electron chi connectivity index (χ3n) is 2.64. The second-order valence-corrected chi connectivity index (χ2v) is 3.86. The average Bonchev–Trinajstić information content (AvgIpc) is 2.44. The fourth-order valence-electron chi connectivity index (χ4n) is 1.71. The van der Waals surface area contributed by atoms with E-state index in [-0.39, 0.29) is 0 Å². The summed E-state index contributed by atoms with van der Waals surface area (Å²) in [6.07, 6.45) is 0. The summed E-state index contributed by atoms with van der Waals surface area (Å²) in [7, 11) is 0. The van der Waals surface area contributed by atoms with E-state index in [0.29, 0.717) is 18.2 Å². The first-order chi connectivity index (χ1) is 9.75. The maximum absolute atomic E-state index is 13.6. The van der Waals surface area contributed by atoms with Gasteiger partial charge in [0.25, 0.3) is 5.69 Å². The molecule has 0 N–H and O–H groups in total. The Labute approximate surface area is 112 Å². The summed E-state index contributed by atoms with van der Waals surface area (Å²) in [4.78, 5) is 9.54. The highest BCUT2D eigenvalue weighted by Gasteiger charge is 2.30. The van der Waals surface area contributed by atoms with Crippen LogP contribution in [0.25, 0.3) is 11.1 Å². The van der Waals surface area contributed by atoms with Gasteiger partial charge in [-0.05, 0) is 12.1 Å². The first-order valence-electron chi connectivity index (χ1n) is 5.21. The predicted molar refractivity (Wildman–Crippen MR) is 58.3 cm³/mol. The van der Waals surface area contributed by atoms with Crippen LogP contribution in [0.4, 0.5) is 32.0 Å². The molecule has 0 saturated heterocycles. The van der Waals surface area contributed by atoms with Crippen LogP contribution in [0.5, 0.6) is 0 Å². The molecule has 2 aromatic carbocycles. The number of halogens is 6. The third kappa shape index (κ3) is 2.30. The van der Waals surface area contributed by atoms with Crippen molar-refractivity contribution >= 4 is 5.69 Å². The van der Waals surface area contributed by atoms with Crippen molar-refractivity contribution in [2.75, 3.05) is 0 Å². The maximum atomic E-state index is 13.6. The standard InChI is InChI=1S/C12H3F6NO2/c13-4-1-2-5(6(3-4)19(20)21)7-8(14)10(16)12(18)11(17)9(7)15/h1-3H. The number of hydrogen-bond donors (Lipinski definition) is 0. The number of benzene rings is 2. The van der Waals surface area contributed by atoms with Gasteiger partial charge >= 0.3 is 0 Å². The lowest BCUT2D eigenvalue weighted by atomic mass is 10.0. The molecule has 0 unspecified atom stereocenters. The van der Waals surface area contributed by atoms with Crippen LogP contribution in [0.15, 0.2) is 18.2 Å². The van der Waals surface area contributed by atoms with Crippen LogP contribution in [0.3, 0.4) is 0 Å². The van der Waals surface area contributed by atoms with Gasteiger partial charge in [0.05, 0.1) is 22.1 Å². The molecular formula is C12H3F6NO2. The smallest absolute Gasteiger partial charge is 0.258 e. The second-order valence-electron chi connectivity index (χ2n) is 3.86. The van der Waals surface area contributed by atoms with Crippen LogP contribution >= 0.6 is 0 Å². The number of nitrogens with zero attached hydrogens (tertiary/aromatic N) is 1. The number of rotatable bonds is 2. The molecule has 2 aromatic rings. The summed E-state index contributed by atoms with van der Waals surface area (Å²) in [5.41, 5.74) is -3.54. The zero-order valence-electron chi connectivity index (χ0n) is 9.76. The minimum Gasteiger partial charge on any atom is -0.258 e. The summed E-state index contributed by atoms with van der Waals surface area (Å²) in [5.74, 6) is -12.5. The number of hydrogen-bond acceptors (Lipinski definition) is 2. The largest absolute Gasteiger partial charge is 0.280 e. The van der Waals surface area contributed by atoms with E-state index in [1.54, 1.807) is 0 Å². The molecule has 3 nitrogen and oxygen atoms in total. The maximum Gasteiger partial charge on any atom is 0.280 e. The topological polar surface area (TPSA) is 43.1 Å². The van der Waals surface area contributed by atoms with Gasteiger partial charge in [0.2, 0.25) is 5.82 Å². The molecule has 0 bridgehead atoms. The van der Waals surface area contributed by atoms with Crippen molar-refractivity contribution in [3.05, 3.63) is 63.2 Å². The van der Waals surface area contributed by atoms with Crippen LogP contribution in [0, 0.1) is 45.0 Å². The van der Waals surface area contributed by atoms with Gasteiger partial charge in [-0.1, -0.05) is 0 Å². The van der Waals surface area contributed by atoms with E-state index in [1.807, 2.05) is 0 Å². The Morgan fingerprint density at radius 3 is 1.76 bits per heavy atom. The summed E-state index contributed by atoms with van der Waals surface area (Å²) in [5, 5.41) is 10.7. The highest BCUT2D eigenvalue weighted by Crippen LogP contribution is 2.36. The van der Waals surface area contributed by atoms with E-state index >= 15 is 0 Å². The zero-order chi connectivity index (χ0) is 15.9. The molecule has 0 aliphatic rings. The van der Waals surface area contributed by atoms with E-state index in [0.717, 1.165) is 0 Å². The fraction of sp³-hybridized carbons (Fsp3) is 0. The summed E-state index contributed by atoms with van der Waals surface area (Å²) < 4.78 is 79.2. The Bertz CT molecular complexity index is 733. The molecule has 9 heteroatoms. The lowest BCUT2D eigenvalue weighted by molar-refractivity contribution is -0.384. The van der Waals surface area contributed by atoms with E-state index in [2.05, 4.69) is 0 Å². The van der Waals surface area contributed by atoms with Crippen LogP contribution in [0.2, 0.25) is 0 Å². The highest BCUT2D eigenvalue weighted by molar-refractivity contribution is 5.74. The lowest BCUT2D eigenvalue weighted by Gasteiger charge is -2.09. The molecule has 110 valence electrons. The molecule has 0 amide bonds. The molecule has 0 saturated carbocycles. The Balaban J connectivity index is 2.89. The quantitative estimate of drug-likeness (QED) is 0.276. The van der Waals surface area contributed by atoms with Crippen LogP contribution in [-0.2, 0) is 0 Å². The molecule has 0 aliphatic carbocycles. The van der Waals surface area contributed by atoms with Gasteiger partial charge in [-0.2, -0.15) is 0 Å². The van der Waals surface area contributed by atoms with Crippen LogP contribution < -0.4 is 0 Å². The van der Waals surface area contributed by atoms with Crippen molar-refractivity contribution in [3.63, 3.8) is 0 Å². The first kappa shape index (κ1) is 14.8. The van der Waals surface area contributed by atoms with Crippen molar-refractivity contribution < 1.29 is 31.3 Å². The van der Waals surface area contributed by atoms with Crippen molar-refractivity contribution in [1.82, 2.24) is 0 Å². The van der Waals surface area contributed by atoms with Gasteiger partial charge in [0.1, 0.15) is 5.82 Å². The Hall–Kier alpha value is -2.58. The lowest BCUT2D eigenvalue weighted by Crippen LogP contribution is -2.05. The summed E-state index contributed by atoms with van der Waals surface area (Å²) in [6.45, 7) is 0. The summed E-state index contributed by atoms with van der Waals surface area (Å²) >= 11 is 0. The molecule has 0 aromatic heterocycles. The minimum absolute atomic E-state index is 0.313. The van der Waals surface area contributed by atoms with Gasteiger partial charge in [0, 0.05) is 0 Å². The molecule has 2 rings (SSSR count). The third-order valence-corrected chi connectivity index (χ3v) is 2.64. The Morgan fingerprint density at radius 1 is 0.810 bits per heavy atom. The monoisotopic (exact) mass is 307 g/mol. The fourth-order valence-corrected chi connectivity index (χ4v) is 1.71. The Kier molecular flexibility index (Phi) is 3.58. The molecule has 0 spiro atoms. The predicted octanol–water partition coefficient (Wildman–Crippen LogP) is 4.10. The average molecular weight is 307 g/mol. The SMILES string of the molecule is O=[N+]([O-])c1cc(F)ccc1-c1c(F)c(F)c(F)c(F)c1F. The van der Waals surface area contributed by atoms with Crippen molar-refractivity contribution in [1.29, 1.82) is 0 Å². The van der Waals surface area contributed by atoms with Gasteiger partial charge < -0.3 is 0 Å². The normalized spacial score (nSPS) is 10.8. The summed E-state index contributed by atoms with van der Waals surface area (Å²) in [6, 6.07) is 1.47.